The van der Waals surface area contributed by atoms with Gasteiger partial charge in [0.25, 0.3) is 0 Å². The van der Waals surface area contributed by atoms with Gasteiger partial charge in [0.05, 0.1) is 18.6 Å². The lowest BCUT2D eigenvalue weighted by atomic mass is 9.87. The highest BCUT2D eigenvalue weighted by molar-refractivity contribution is 5.72. The van der Waals surface area contributed by atoms with E-state index < -0.39 is 0 Å². The van der Waals surface area contributed by atoms with E-state index in [0.717, 1.165) is 71.4 Å². The Labute approximate surface area is 175 Å². The fraction of sp³-hybridized carbons (Fsp3) is 0.625. The number of carbonyl (C=O) groups excluding carboxylic acids is 1. The molecule has 0 radical (unpaired) electrons. The molecule has 1 aliphatic heterocycles. The molecule has 1 saturated heterocycles. The van der Waals surface area contributed by atoms with Gasteiger partial charge in [0, 0.05) is 46.4 Å². The van der Waals surface area contributed by atoms with Gasteiger partial charge in [0.2, 0.25) is 0 Å². The Bertz CT molecular complexity index is 626. The molecule has 1 heterocycles. The molecule has 2 unspecified atom stereocenters. The van der Waals surface area contributed by atoms with Gasteiger partial charge in [-0.3, -0.25) is 9.69 Å². The van der Waals surface area contributed by atoms with Gasteiger partial charge < -0.3 is 14.4 Å². The van der Waals surface area contributed by atoms with Gasteiger partial charge in [-0.2, -0.15) is 0 Å². The van der Waals surface area contributed by atoms with Crippen LogP contribution in [-0.4, -0.2) is 74.9 Å². The summed E-state index contributed by atoms with van der Waals surface area (Å²) in [6.45, 7) is 6.92. The number of rotatable bonds is 9. The Morgan fingerprint density at radius 1 is 1.10 bits per heavy atom. The molecule has 1 aliphatic carbocycles. The predicted molar refractivity (Wildman–Crippen MR) is 117 cm³/mol. The summed E-state index contributed by atoms with van der Waals surface area (Å²) in [4.78, 5) is 17.2. The minimum atomic E-state index is -0.0261. The summed E-state index contributed by atoms with van der Waals surface area (Å²) < 4.78 is 11.0. The monoisotopic (exact) mass is 400 g/mol. The summed E-state index contributed by atoms with van der Waals surface area (Å²) in [6, 6.07) is 10.4. The molecule has 2 fully saturated rings. The Balaban J connectivity index is 1.25. The second-order valence-corrected chi connectivity index (χ2v) is 8.20. The number of hydrogen-bond acceptors (Lipinski definition) is 5. The molecule has 0 bridgehead atoms. The number of esters is 1. The first-order valence-corrected chi connectivity index (χ1v) is 11.1. The van der Waals surface area contributed by atoms with Crippen molar-refractivity contribution < 1.29 is 14.3 Å². The van der Waals surface area contributed by atoms with E-state index in [-0.39, 0.29) is 18.0 Å². The van der Waals surface area contributed by atoms with E-state index in [4.69, 9.17) is 9.47 Å². The Morgan fingerprint density at radius 3 is 2.62 bits per heavy atom. The zero-order valence-electron chi connectivity index (χ0n) is 17.8. The van der Waals surface area contributed by atoms with Crippen LogP contribution in [-0.2, 0) is 14.3 Å². The number of methoxy groups -OCH3 is 1. The third-order valence-electron chi connectivity index (χ3n) is 6.09. The zero-order chi connectivity index (χ0) is 20.3. The molecule has 1 saturated carbocycles. The fourth-order valence-electron chi connectivity index (χ4n) is 4.25. The molecule has 5 heteroatoms. The number of hydrogen-bond donors (Lipinski definition) is 0. The molecule has 29 heavy (non-hydrogen) atoms. The fourth-order valence-corrected chi connectivity index (χ4v) is 4.25. The lowest BCUT2D eigenvalue weighted by Crippen LogP contribution is -2.46. The first-order valence-electron chi connectivity index (χ1n) is 11.1. The normalized spacial score (nSPS) is 24.0. The van der Waals surface area contributed by atoms with E-state index in [1.165, 1.54) is 5.56 Å². The number of piperazine rings is 1. The molecular weight excluding hydrogens is 364 g/mol. The Kier molecular flexibility index (Phi) is 9.19. The molecule has 2 atom stereocenters. The minimum absolute atomic E-state index is 0.0261. The van der Waals surface area contributed by atoms with Gasteiger partial charge in [-0.25, -0.2) is 0 Å². The van der Waals surface area contributed by atoms with Gasteiger partial charge in [-0.1, -0.05) is 48.9 Å². The SMILES string of the molecule is COC1CCCC(C(=O)OCCCN2CCN(CC=Cc3ccccc3)CC2)C1. The average Bonchev–Trinajstić information content (AvgIpc) is 2.78. The third-order valence-corrected chi connectivity index (χ3v) is 6.09. The van der Waals surface area contributed by atoms with Crippen molar-refractivity contribution in [2.45, 2.75) is 38.2 Å². The molecule has 0 N–H and O–H groups in total. The number of carbonyl (C=O) groups is 1. The van der Waals surface area contributed by atoms with Crippen LogP contribution in [0.15, 0.2) is 36.4 Å². The molecule has 2 aliphatic rings. The smallest absolute Gasteiger partial charge is 0.309 e. The standard InChI is InChI=1S/C24H36N2O3/c1-28-23-12-5-11-22(20-23)24(27)29-19-7-14-26-17-15-25(16-18-26)13-6-10-21-8-3-2-4-9-21/h2-4,6,8-10,22-23H,5,7,11-20H2,1H3. The maximum Gasteiger partial charge on any atom is 0.309 e. The van der Waals surface area contributed by atoms with Gasteiger partial charge in [0.15, 0.2) is 0 Å². The van der Waals surface area contributed by atoms with Crippen LogP contribution >= 0.6 is 0 Å². The molecule has 160 valence electrons. The summed E-state index contributed by atoms with van der Waals surface area (Å²) in [5.41, 5.74) is 1.26. The highest BCUT2D eigenvalue weighted by Crippen LogP contribution is 2.27. The first kappa shape index (κ1) is 22.0. The Morgan fingerprint density at radius 2 is 1.86 bits per heavy atom. The number of ether oxygens (including phenoxy) is 2. The van der Waals surface area contributed by atoms with Gasteiger partial charge in [-0.15, -0.1) is 0 Å². The molecule has 0 aromatic heterocycles. The largest absolute Gasteiger partial charge is 0.465 e. The van der Waals surface area contributed by atoms with Crippen molar-refractivity contribution in [3.8, 4) is 0 Å². The lowest BCUT2D eigenvalue weighted by molar-refractivity contribution is -0.151. The van der Waals surface area contributed by atoms with E-state index >= 15 is 0 Å². The lowest BCUT2D eigenvalue weighted by Gasteiger charge is -2.34. The molecule has 3 rings (SSSR count). The molecular formula is C24H36N2O3. The molecule has 0 spiro atoms. The van der Waals surface area contributed by atoms with Crippen molar-refractivity contribution in [2.75, 3.05) is 53.0 Å². The topological polar surface area (TPSA) is 42.0 Å². The van der Waals surface area contributed by atoms with Gasteiger partial charge in [0.1, 0.15) is 0 Å². The second kappa shape index (κ2) is 12.1. The number of nitrogens with zero attached hydrogens (tertiary/aromatic N) is 2. The highest BCUT2D eigenvalue weighted by atomic mass is 16.5. The van der Waals surface area contributed by atoms with Gasteiger partial charge in [-0.05, 0) is 31.2 Å². The van der Waals surface area contributed by atoms with Crippen LogP contribution in [0.4, 0.5) is 0 Å². The first-order chi connectivity index (χ1) is 14.2. The summed E-state index contributed by atoms with van der Waals surface area (Å²) in [5.74, 6) is 0.00274. The maximum absolute atomic E-state index is 12.3. The molecule has 0 amide bonds. The van der Waals surface area contributed by atoms with E-state index in [1.54, 1.807) is 7.11 Å². The van der Waals surface area contributed by atoms with Crippen molar-refractivity contribution in [3.05, 3.63) is 42.0 Å². The highest BCUT2D eigenvalue weighted by Gasteiger charge is 2.28. The van der Waals surface area contributed by atoms with E-state index in [2.05, 4.69) is 46.2 Å². The Hall–Kier alpha value is -1.69. The van der Waals surface area contributed by atoms with Crippen molar-refractivity contribution in [3.63, 3.8) is 0 Å². The van der Waals surface area contributed by atoms with Crippen LogP contribution in [0.5, 0.6) is 0 Å². The summed E-state index contributed by atoms with van der Waals surface area (Å²) >= 11 is 0. The number of benzene rings is 1. The van der Waals surface area contributed by atoms with Crippen LogP contribution in [0.3, 0.4) is 0 Å². The van der Waals surface area contributed by atoms with Gasteiger partial charge >= 0.3 is 5.97 Å². The predicted octanol–water partition coefficient (Wildman–Crippen LogP) is 3.46. The average molecular weight is 401 g/mol. The molecule has 1 aromatic rings. The van der Waals surface area contributed by atoms with Crippen molar-refractivity contribution in [1.82, 2.24) is 9.80 Å². The van der Waals surface area contributed by atoms with Crippen LogP contribution in [0.2, 0.25) is 0 Å². The second-order valence-electron chi connectivity index (χ2n) is 8.20. The van der Waals surface area contributed by atoms with Crippen LogP contribution in [0.1, 0.15) is 37.7 Å². The molecule has 5 nitrogen and oxygen atoms in total. The van der Waals surface area contributed by atoms with Crippen LogP contribution < -0.4 is 0 Å². The summed E-state index contributed by atoms with van der Waals surface area (Å²) in [6.07, 6.45) is 9.47. The van der Waals surface area contributed by atoms with Crippen LogP contribution in [0.25, 0.3) is 6.08 Å². The van der Waals surface area contributed by atoms with Crippen LogP contribution in [0, 0.1) is 5.92 Å². The van der Waals surface area contributed by atoms with Crippen molar-refractivity contribution in [2.24, 2.45) is 5.92 Å². The van der Waals surface area contributed by atoms with E-state index in [0.29, 0.717) is 6.61 Å². The zero-order valence-corrected chi connectivity index (χ0v) is 17.8. The maximum atomic E-state index is 12.3. The van der Waals surface area contributed by atoms with Crippen molar-refractivity contribution in [1.29, 1.82) is 0 Å². The molecule has 1 aromatic carbocycles. The summed E-state index contributed by atoms with van der Waals surface area (Å²) in [5, 5.41) is 0. The van der Waals surface area contributed by atoms with E-state index in [1.807, 2.05) is 6.07 Å². The van der Waals surface area contributed by atoms with E-state index in [9.17, 15) is 4.79 Å². The quantitative estimate of drug-likeness (QED) is 0.469. The summed E-state index contributed by atoms with van der Waals surface area (Å²) in [7, 11) is 1.73. The third kappa shape index (κ3) is 7.57. The minimum Gasteiger partial charge on any atom is -0.465 e. The van der Waals surface area contributed by atoms with Crippen molar-refractivity contribution >= 4 is 12.0 Å².